The molecule has 3 aromatic rings. The molecule has 0 fully saturated rings. The Morgan fingerprint density at radius 3 is 2.23 bits per heavy atom. The first kappa shape index (κ1) is 20.7. The van der Waals surface area contributed by atoms with Crippen molar-refractivity contribution in [3.8, 4) is 11.5 Å². The third-order valence-corrected chi connectivity index (χ3v) is 6.93. The fourth-order valence-corrected chi connectivity index (χ4v) is 5.02. The molecule has 1 heterocycles. The van der Waals surface area contributed by atoms with Crippen LogP contribution in [0.3, 0.4) is 0 Å². The molecule has 1 aliphatic heterocycles. The molecule has 0 atom stereocenters. The molecule has 0 radical (unpaired) electrons. The minimum Gasteiger partial charge on any atom is -0.493 e. The van der Waals surface area contributed by atoms with E-state index in [1.807, 2.05) is 6.92 Å². The van der Waals surface area contributed by atoms with Crippen molar-refractivity contribution in [2.75, 3.05) is 19.1 Å². The molecule has 1 aliphatic rings. The van der Waals surface area contributed by atoms with Crippen molar-refractivity contribution in [1.82, 2.24) is 0 Å². The molecule has 0 amide bonds. The van der Waals surface area contributed by atoms with Crippen LogP contribution in [-0.4, -0.2) is 28.4 Å². The Kier molecular flexibility index (Phi) is 5.29. The SMILES string of the molecule is COc1ccc(N2C=C(C(=O)c3ccc(C)cc3)S(=O)(=O)c3ccccc32)cc1OC. The standard InChI is InChI=1S/C24H21NO5S/c1-16-8-10-17(11-9-16)24(26)23-15-25(18-12-13-20(29-2)21(14-18)30-3)19-6-4-5-7-22(19)31(23,27)28/h4-15H,1-3H3. The number of methoxy groups -OCH3 is 2. The van der Waals surface area contributed by atoms with Crippen LogP contribution in [0.25, 0.3) is 0 Å². The molecule has 7 heteroatoms. The first-order chi connectivity index (χ1) is 14.9. The van der Waals surface area contributed by atoms with E-state index in [-0.39, 0.29) is 9.80 Å². The number of sulfone groups is 1. The number of anilines is 2. The highest BCUT2D eigenvalue weighted by atomic mass is 32.2. The van der Waals surface area contributed by atoms with E-state index < -0.39 is 15.6 Å². The summed E-state index contributed by atoms with van der Waals surface area (Å²) in [5, 5.41) is 0. The van der Waals surface area contributed by atoms with E-state index in [1.54, 1.807) is 72.7 Å². The Balaban J connectivity index is 1.91. The topological polar surface area (TPSA) is 72.9 Å². The number of para-hydroxylation sites is 1. The van der Waals surface area contributed by atoms with Gasteiger partial charge in [-0.3, -0.25) is 4.79 Å². The third kappa shape index (κ3) is 3.57. The predicted molar refractivity (Wildman–Crippen MR) is 119 cm³/mol. The smallest absolute Gasteiger partial charge is 0.214 e. The van der Waals surface area contributed by atoms with Crippen molar-refractivity contribution >= 4 is 27.0 Å². The summed E-state index contributed by atoms with van der Waals surface area (Å²) in [6.07, 6.45) is 1.38. The van der Waals surface area contributed by atoms with Crippen LogP contribution in [0.4, 0.5) is 11.4 Å². The molecule has 3 aromatic carbocycles. The van der Waals surface area contributed by atoms with E-state index in [9.17, 15) is 13.2 Å². The third-order valence-electron chi connectivity index (χ3n) is 5.13. The summed E-state index contributed by atoms with van der Waals surface area (Å²) < 4.78 is 37.3. The second-order valence-corrected chi connectivity index (χ2v) is 8.96. The van der Waals surface area contributed by atoms with Gasteiger partial charge in [-0.15, -0.1) is 0 Å². The van der Waals surface area contributed by atoms with Crippen LogP contribution in [0.5, 0.6) is 11.5 Å². The van der Waals surface area contributed by atoms with E-state index >= 15 is 0 Å². The van der Waals surface area contributed by atoms with Crippen LogP contribution in [-0.2, 0) is 9.84 Å². The van der Waals surface area contributed by atoms with E-state index in [2.05, 4.69) is 0 Å². The van der Waals surface area contributed by atoms with Crippen molar-refractivity contribution in [3.05, 3.63) is 89.0 Å². The Labute approximate surface area is 181 Å². The number of carbonyl (C=O) groups is 1. The Morgan fingerprint density at radius 2 is 1.55 bits per heavy atom. The summed E-state index contributed by atoms with van der Waals surface area (Å²) in [6, 6.07) is 18.7. The number of carbonyl (C=O) groups excluding carboxylic acids is 1. The highest BCUT2D eigenvalue weighted by Crippen LogP contribution is 2.42. The fraction of sp³-hybridized carbons (Fsp3) is 0.125. The zero-order chi connectivity index (χ0) is 22.2. The van der Waals surface area contributed by atoms with Crippen LogP contribution >= 0.6 is 0 Å². The normalized spacial score (nSPS) is 14.4. The number of nitrogens with zero attached hydrogens (tertiary/aromatic N) is 1. The van der Waals surface area contributed by atoms with Gasteiger partial charge in [0.25, 0.3) is 0 Å². The second kappa shape index (κ2) is 7.92. The number of ketones is 1. The highest BCUT2D eigenvalue weighted by molar-refractivity contribution is 7.96. The summed E-state index contributed by atoms with van der Waals surface area (Å²) in [5.41, 5.74) is 2.38. The summed E-state index contributed by atoms with van der Waals surface area (Å²) in [6.45, 7) is 1.90. The average molecular weight is 436 g/mol. The number of Topliss-reactive ketones (excluding diaryl/α,β-unsaturated/α-hetero) is 1. The quantitative estimate of drug-likeness (QED) is 0.543. The molecule has 0 spiro atoms. The van der Waals surface area contributed by atoms with Crippen LogP contribution < -0.4 is 14.4 Å². The summed E-state index contributed by atoms with van der Waals surface area (Å²) in [4.78, 5) is 14.7. The number of rotatable bonds is 5. The minimum atomic E-state index is -4.00. The van der Waals surface area contributed by atoms with Gasteiger partial charge >= 0.3 is 0 Å². The van der Waals surface area contributed by atoms with Crippen molar-refractivity contribution in [2.24, 2.45) is 0 Å². The number of hydrogen-bond donors (Lipinski definition) is 0. The van der Waals surface area contributed by atoms with Gasteiger partial charge in [-0.25, -0.2) is 8.42 Å². The molecular weight excluding hydrogens is 414 g/mol. The molecule has 0 saturated heterocycles. The largest absolute Gasteiger partial charge is 0.493 e. The second-order valence-electron chi connectivity index (χ2n) is 7.07. The van der Waals surface area contributed by atoms with Gasteiger partial charge in [0.1, 0.15) is 4.91 Å². The van der Waals surface area contributed by atoms with Crippen LogP contribution in [0.15, 0.2) is 82.7 Å². The van der Waals surface area contributed by atoms with E-state index in [0.29, 0.717) is 28.4 Å². The van der Waals surface area contributed by atoms with Crippen LogP contribution in [0.2, 0.25) is 0 Å². The highest BCUT2D eigenvalue weighted by Gasteiger charge is 2.36. The number of allylic oxidation sites excluding steroid dienone is 1. The molecule has 0 saturated carbocycles. The molecule has 6 nitrogen and oxygen atoms in total. The van der Waals surface area contributed by atoms with Gasteiger partial charge in [0.15, 0.2) is 11.5 Å². The molecule has 31 heavy (non-hydrogen) atoms. The van der Waals surface area contributed by atoms with E-state index in [0.717, 1.165) is 5.56 Å². The number of aryl methyl sites for hydroxylation is 1. The summed E-state index contributed by atoms with van der Waals surface area (Å²) in [5.74, 6) is 0.481. The summed E-state index contributed by atoms with van der Waals surface area (Å²) in [7, 11) is -0.929. The van der Waals surface area contributed by atoms with Crippen molar-refractivity contribution in [1.29, 1.82) is 0 Å². The van der Waals surface area contributed by atoms with Gasteiger partial charge in [-0.2, -0.15) is 0 Å². The lowest BCUT2D eigenvalue weighted by Gasteiger charge is -2.29. The molecule has 0 aliphatic carbocycles. The maximum atomic E-state index is 13.3. The summed E-state index contributed by atoms with van der Waals surface area (Å²) >= 11 is 0. The Morgan fingerprint density at radius 1 is 0.871 bits per heavy atom. The zero-order valence-corrected chi connectivity index (χ0v) is 18.1. The van der Waals surface area contributed by atoms with Crippen LogP contribution in [0.1, 0.15) is 15.9 Å². The Hall–Kier alpha value is -3.58. The molecular formula is C24H21NO5S. The molecule has 4 rings (SSSR count). The van der Waals surface area contributed by atoms with Gasteiger partial charge < -0.3 is 14.4 Å². The molecule has 0 unspecified atom stereocenters. The number of ether oxygens (including phenoxy) is 2. The number of fused-ring (bicyclic) bond motifs is 1. The Bertz CT molecular complexity index is 1290. The molecule has 0 N–H and O–H groups in total. The van der Waals surface area contributed by atoms with Gasteiger partial charge in [0.2, 0.25) is 15.6 Å². The van der Waals surface area contributed by atoms with Gasteiger partial charge in [0, 0.05) is 23.5 Å². The van der Waals surface area contributed by atoms with E-state index in [1.165, 1.54) is 19.4 Å². The maximum Gasteiger partial charge on any atom is 0.214 e. The van der Waals surface area contributed by atoms with Crippen LogP contribution in [0, 0.1) is 6.92 Å². The lowest BCUT2D eigenvalue weighted by atomic mass is 10.1. The minimum absolute atomic E-state index is 0.0720. The predicted octanol–water partition coefficient (Wildman–Crippen LogP) is 4.66. The van der Waals surface area contributed by atoms with Gasteiger partial charge in [-0.05, 0) is 31.2 Å². The molecule has 0 bridgehead atoms. The first-order valence-corrected chi connectivity index (χ1v) is 11.0. The lowest BCUT2D eigenvalue weighted by molar-refractivity contribution is 0.104. The fourth-order valence-electron chi connectivity index (χ4n) is 3.47. The molecule has 158 valence electrons. The lowest BCUT2D eigenvalue weighted by Crippen LogP contribution is -2.25. The van der Waals surface area contributed by atoms with Crippen molar-refractivity contribution in [2.45, 2.75) is 11.8 Å². The zero-order valence-electron chi connectivity index (χ0n) is 17.3. The average Bonchev–Trinajstić information content (AvgIpc) is 2.79. The van der Waals surface area contributed by atoms with Gasteiger partial charge in [-0.1, -0.05) is 42.0 Å². The van der Waals surface area contributed by atoms with Crippen molar-refractivity contribution in [3.63, 3.8) is 0 Å². The maximum absolute atomic E-state index is 13.3. The first-order valence-electron chi connectivity index (χ1n) is 9.55. The van der Waals surface area contributed by atoms with Gasteiger partial charge in [0.05, 0.1) is 24.8 Å². The molecule has 0 aromatic heterocycles. The number of hydrogen-bond acceptors (Lipinski definition) is 6. The monoisotopic (exact) mass is 435 g/mol. The van der Waals surface area contributed by atoms with Crippen molar-refractivity contribution < 1.29 is 22.7 Å². The van der Waals surface area contributed by atoms with E-state index in [4.69, 9.17) is 9.47 Å². The number of benzene rings is 3.